The van der Waals surface area contributed by atoms with Crippen LogP contribution in [0.2, 0.25) is 5.02 Å². The largest absolute Gasteiger partial charge is 0.381 e. The number of halogens is 1. The first kappa shape index (κ1) is 13.5. The van der Waals surface area contributed by atoms with E-state index < -0.39 is 12.0 Å². The van der Waals surface area contributed by atoms with Crippen molar-refractivity contribution in [1.29, 1.82) is 0 Å². The molecule has 100 valence electrons. The summed E-state index contributed by atoms with van der Waals surface area (Å²) >= 11 is 5.83. The van der Waals surface area contributed by atoms with E-state index in [-0.39, 0.29) is 6.54 Å². The van der Waals surface area contributed by atoms with E-state index in [9.17, 15) is 9.90 Å². The van der Waals surface area contributed by atoms with E-state index in [2.05, 4.69) is 20.6 Å². The molecule has 2 rings (SSSR count). The third-order valence-corrected chi connectivity index (χ3v) is 2.74. The first-order chi connectivity index (χ1) is 9.10. The molecule has 1 unspecified atom stereocenters. The standard InChI is InChI=1S/C12H13ClN4O2/c1-14-12(19)9(18)6-15-10-3-2-7-4-8(13)5-16-11(7)17-10/h2-5,9,18H,6H2,1H3,(H,14,19)(H,15,16,17). The number of hydrogen-bond donors (Lipinski definition) is 3. The van der Waals surface area contributed by atoms with Crippen molar-refractivity contribution in [3.05, 3.63) is 29.4 Å². The average molecular weight is 281 g/mol. The van der Waals surface area contributed by atoms with Crippen LogP contribution >= 0.6 is 11.6 Å². The van der Waals surface area contributed by atoms with Crippen molar-refractivity contribution in [2.45, 2.75) is 6.10 Å². The molecule has 2 heterocycles. The summed E-state index contributed by atoms with van der Waals surface area (Å²) in [5.41, 5.74) is 0.545. The molecule has 0 bridgehead atoms. The number of rotatable bonds is 4. The lowest BCUT2D eigenvalue weighted by Gasteiger charge is -2.11. The molecule has 7 heteroatoms. The van der Waals surface area contributed by atoms with Gasteiger partial charge in [-0.05, 0) is 18.2 Å². The van der Waals surface area contributed by atoms with Crippen LogP contribution in [-0.2, 0) is 4.79 Å². The minimum atomic E-state index is -1.12. The molecule has 0 radical (unpaired) electrons. The lowest BCUT2D eigenvalue weighted by molar-refractivity contribution is -0.128. The molecule has 1 atom stereocenters. The van der Waals surface area contributed by atoms with Gasteiger partial charge in [-0.15, -0.1) is 0 Å². The van der Waals surface area contributed by atoms with E-state index >= 15 is 0 Å². The minimum Gasteiger partial charge on any atom is -0.381 e. The third-order valence-electron chi connectivity index (χ3n) is 2.53. The second kappa shape index (κ2) is 5.81. The summed E-state index contributed by atoms with van der Waals surface area (Å²) < 4.78 is 0. The zero-order valence-electron chi connectivity index (χ0n) is 10.2. The smallest absolute Gasteiger partial charge is 0.250 e. The van der Waals surface area contributed by atoms with Gasteiger partial charge < -0.3 is 15.7 Å². The number of aliphatic hydroxyl groups excluding tert-OH is 1. The van der Waals surface area contributed by atoms with Crippen molar-refractivity contribution in [2.24, 2.45) is 0 Å². The average Bonchev–Trinajstić information content (AvgIpc) is 2.43. The van der Waals surface area contributed by atoms with Gasteiger partial charge in [0.15, 0.2) is 5.65 Å². The molecule has 0 aliphatic carbocycles. The van der Waals surface area contributed by atoms with Gasteiger partial charge in [-0.3, -0.25) is 4.79 Å². The quantitative estimate of drug-likeness (QED) is 0.771. The fourth-order valence-electron chi connectivity index (χ4n) is 1.54. The van der Waals surface area contributed by atoms with E-state index in [1.165, 1.54) is 13.2 Å². The number of anilines is 1. The van der Waals surface area contributed by atoms with Gasteiger partial charge in [0.25, 0.3) is 0 Å². The molecule has 0 aliphatic heterocycles. The number of carbonyl (C=O) groups is 1. The number of carbonyl (C=O) groups excluding carboxylic acids is 1. The van der Waals surface area contributed by atoms with Crippen LogP contribution in [0.5, 0.6) is 0 Å². The molecule has 0 spiro atoms. The third kappa shape index (κ3) is 3.30. The second-order valence-electron chi connectivity index (χ2n) is 3.91. The molecule has 0 fully saturated rings. The number of fused-ring (bicyclic) bond motifs is 1. The number of aliphatic hydroxyl groups is 1. The van der Waals surface area contributed by atoms with Crippen molar-refractivity contribution < 1.29 is 9.90 Å². The molecule has 0 saturated heterocycles. The maximum Gasteiger partial charge on any atom is 0.250 e. The zero-order valence-corrected chi connectivity index (χ0v) is 11.0. The van der Waals surface area contributed by atoms with Crippen LogP contribution in [0.1, 0.15) is 0 Å². The van der Waals surface area contributed by atoms with Crippen LogP contribution in [-0.4, -0.2) is 40.7 Å². The summed E-state index contributed by atoms with van der Waals surface area (Å²) in [7, 11) is 1.47. The Labute approximate surface area is 114 Å². The maximum atomic E-state index is 11.1. The second-order valence-corrected chi connectivity index (χ2v) is 4.34. The summed E-state index contributed by atoms with van der Waals surface area (Å²) in [5, 5.41) is 16.1. The maximum absolute atomic E-state index is 11.1. The number of nitrogens with zero attached hydrogens (tertiary/aromatic N) is 2. The first-order valence-corrected chi connectivity index (χ1v) is 6.04. The van der Waals surface area contributed by atoms with Crippen molar-refractivity contribution in [1.82, 2.24) is 15.3 Å². The Kier molecular flexibility index (Phi) is 4.13. The van der Waals surface area contributed by atoms with E-state index in [1.54, 1.807) is 12.1 Å². The van der Waals surface area contributed by atoms with Gasteiger partial charge in [-0.1, -0.05) is 11.6 Å². The van der Waals surface area contributed by atoms with Crippen molar-refractivity contribution in [3.8, 4) is 0 Å². The van der Waals surface area contributed by atoms with Crippen LogP contribution in [0.4, 0.5) is 5.82 Å². The Balaban J connectivity index is 2.09. The van der Waals surface area contributed by atoms with Crippen molar-refractivity contribution >= 4 is 34.4 Å². The summed E-state index contributed by atoms with van der Waals surface area (Å²) in [6.07, 6.45) is 0.390. The van der Waals surface area contributed by atoms with Crippen LogP contribution in [0.25, 0.3) is 11.0 Å². The van der Waals surface area contributed by atoms with Crippen molar-refractivity contribution in [3.63, 3.8) is 0 Å². The molecule has 0 saturated carbocycles. The van der Waals surface area contributed by atoms with Crippen molar-refractivity contribution in [2.75, 3.05) is 18.9 Å². The Bertz CT molecular complexity index is 605. The van der Waals surface area contributed by atoms with Gasteiger partial charge in [0.1, 0.15) is 11.9 Å². The number of amides is 1. The highest BCUT2D eigenvalue weighted by Crippen LogP contribution is 2.17. The zero-order chi connectivity index (χ0) is 13.8. The molecule has 2 aromatic rings. The number of likely N-dealkylation sites (N-methyl/N-ethyl adjacent to an activating group) is 1. The van der Waals surface area contributed by atoms with Crippen LogP contribution in [0.15, 0.2) is 24.4 Å². The molecule has 0 aliphatic rings. The SMILES string of the molecule is CNC(=O)C(O)CNc1ccc2cc(Cl)cnc2n1. The molecule has 3 N–H and O–H groups in total. The Morgan fingerprint density at radius 3 is 3.05 bits per heavy atom. The summed E-state index contributed by atoms with van der Waals surface area (Å²) in [6.45, 7) is 0.0752. The van der Waals surface area contributed by atoms with Gasteiger partial charge >= 0.3 is 0 Å². The van der Waals surface area contributed by atoms with Gasteiger partial charge in [-0.2, -0.15) is 0 Å². The van der Waals surface area contributed by atoms with E-state index in [0.29, 0.717) is 16.5 Å². The highest BCUT2D eigenvalue weighted by Gasteiger charge is 2.12. The number of nitrogens with one attached hydrogen (secondary N) is 2. The lowest BCUT2D eigenvalue weighted by Crippen LogP contribution is -2.36. The molecule has 2 aromatic heterocycles. The molecule has 19 heavy (non-hydrogen) atoms. The Hall–Kier alpha value is -1.92. The van der Waals surface area contributed by atoms with Gasteiger partial charge in [-0.25, -0.2) is 9.97 Å². The Morgan fingerprint density at radius 2 is 2.32 bits per heavy atom. The van der Waals surface area contributed by atoms with Crippen LogP contribution in [0.3, 0.4) is 0 Å². The number of aromatic nitrogens is 2. The van der Waals surface area contributed by atoms with E-state index in [4.69, 9.17) is 11.6 Å². The first-order valence-electron chi connectivity index (χ1n) is 5.66. The topological polar surface area (TPSA) is 87.1 Å². The normalized spacial score (nSPS) is 12.2. The molecular weight excluding hydrogens is 268 g/mol. The minimum absolute atomic E-state index is 0.0752. The predicted octanol–water partition coefficient (Wildman–Crippen LogP) is 0.802. The number of hydrogen-bond acceptors (Lipinski definition) is 5. The highest BCUT2D eigenvalue weighted by atomic mass is 35.5. The fraction of sp³-hybridized carbons (Fsp3) is 0.250. The monoisotopic (exact) mass is 280 g/mol. The Morgan fingerprint density at radius 1 is 1.53 bits per heavy atom. The van der Waals surface area contributed by atoms with Gasteiger partial charge in [0.2, 0.25) is 5.91 Å². The molecular formula is C12H13ClN4O2. The molecule has 1 amide bonds. The van der Waals surface area contributed by atoms with Crippen LogP contribution < -0.4 is 10.6 Å². The van der Waals surface area contributed by atoms with Gasteiger partial charge in [0, 0.05) is 18.6 Å². The van der Waals surface area contributed by atoms with Gasteiger partial charge in [0.05, 0.1) is 11.6 Å². The lowest BCUT2D eigenvalue weighted by atomic mass is 10.3. The molecule has 0 aromatic carbocycles. The highest BCUT2D eigenvalue weighted by molar-refractivity contribution is 6.31. The van der Waals surface area contributed by atoms with E-state index in [0.717, 1.165) is 5.39 Å². The fourth-order valence-corrected chi connectivity index (χ4v) is 1.71. The predicted molar refractivity (Wildman–Crippen MR) is 73.1 cm³/mol. The van der Waals surface area contributed by atoms with Crippen LogP contribution in [0, 0.1) is 0 Å². The summed E-state index contributed by atoms with van der Waals surface area (Å²) in [4.78, 5) is 19.5. The van der Waals surface area contributed by atoms with E-state index in [1.807, 2.05) is 6.07 Å². The number of pyridine rings is 2. The summed E-state index contributed by atoms with van der Waals surface area (Å²) in [5.74, 6) is 0.0865. The summed E-state index contributed by atoms with van der Waals surface area (Å²) in [6, 6.07) is 5.31. The molecule has 6 nitrogen and oxygen atoms in total.